The van der Waals surface area contributed by atoms with Crippen molar-refractivity contribution in [2.45, 2.75) is 39.2 Å². The van der Waals surface area contributed by atoms with E-state index < -0.39 is 18.0 Å². The Hall–Kier alpha value is -3.48. The zero-order chi connectivity index (χ0) is 23.9. The van der Waals surface area contributed by atoms with Crippen molar-refractivity contribution in [3.8, 4) is 17.2 Å². The molecule has 32 heavy (non-hydrogen) atoms. The van der Waals surface area contributed by atoms with Crippen molar-refractivity contribution >= 4 is 23.6 Å². The highest BCUT2D eigenvalue weighted by Crippen LogP contribution is 2.35. The van der Waals surface area contributed by atoms with Crippen LogP contribution in [0.15, 0.2) is 42.5 Å². The lowest BCUT2D eigenvalue weighted by Gasteiger charge is -2.19. The number of carbonyl (C=O) groups excluding carboxylic acids is 2. The van der Waals surface area contributed by atoms with E-state index >= 15 is 0 Å². The third kappa shape index (κ3) is 6.51. The number of hydrogen-bond donors (Lipinski definition) is 1. The van der Waals surface area contributed by atoms with Gasteiger partial charge in [-0.15, -0.1) is 0 Å². The van der Waals surface area contributed by atoms with Crippen molar-refractivity contribution in [1.29, 1.82) is 0 Å². The Morgan fingerprint density at radius 3 is 2.00 bits per heavy atom. The summed E-state index contributed by atoms with van der Waals surface area (Å²) in [4.78, 5) is 24.6. The lowest BCUT2D eigenvalue weighted by atomic mass is 9.87. The van der Waals surface area contributed by atoms with Crippen molar-refractivity contribution < 1.29 is 28.5 Å². The molecule has 0 heterocycles. The monoisotopic (exact) mass is 441 g/mol. The van der Waals surface area contributed by atoms with Crippen LogP contribution < -0.4 is 19.5 Å². The van der Waals surface area contributed by atoms with Crippen LogP contribution in [0.4, 0.5) is 5.69 Å². The predicted octanol–water partition coefficient (Wildman–Crippen LogP) is 4.59. The molecule has 0 spiro atoms. The average Bonchev–Trinajstić information content (AvgIpc) is 2.76. The minimum absolute atomic E-state index is 0.0221. The quantitative estimate of drug-likeness (QED) is 0.476. The van der Waals surface area contributed by atoms with Gasteiger partial charge < -0.3 is 24.3 Å². The number of nitrogens with one attached hydrogen (secondary N) is 1. The lowest BCUT2D eigenvalue weighted by Crippen LogP contribution is -2.29. The molecule has 2 aromatic rings. The Kier molecular flexibility index (Phi) is 8.29. The topological polar surface area (TPSA) is 83.1 Å². The fourth-order valence-electron chi connectivity index (χ4n) is 2.91. The molecule has 1 N–H and O–H groups in total. The Balaban J connectivity index is 2.01. The minimum Gasteiger partial charge on any atom is -0.496 e. The van der Waals surface area contributed by atoms with Crippen LogP contribution in [0.3, 0.4) is 0 Å². The first-order valence-corrected chi connectivity index (χ1v) is 10.2. The molecule has 0 saturated carbocycles. The Bertz CT molecular complexity index is 973. The van der Waals surface area contributed by atoms with Gasteiger partial charge in [0.15, 0.2) is 17.6 Å². The van der Waals surface area contributed by atoms with Crippen LogP contribution in [-0.4, -0.2) is 39.3 Å². The molecule has 172 valence electrons. The molecule has 7 nitrogen and oxygen atoms in total. The van der Waals surface area contributed by atoms with Gasteiger partial charge in [0.05, 0.1) is 21.3 Å². The lowest BCUT2D eigenvalue weighted by molar-refractivity contribution is -0.148. The zero-order valence-corrected chi connectivity index (χ0v) is 19.6. The molecule has 0 bridgehead atoms. The molecule has 1 amide bonds. The maximum Gasteiger partial charge on any atom is 0.331 e. The third-order valence-electron chi connectivity index (χ3n) is 4.82. The number of rotatable bonds is 8. The number of methoxy groups -OCH3 is 3. The first kappa shape index (κ1) is 24.8. The van der Waals surface area contributed by atoms with Crippen molar-refractivity contribution in [1.82, 2.24) is 0 Å². The maximum atomic E-state index is 12.4. The van der Waals surface area contributed by atoms with E-state index in [9.17, 15) is 9.59 Å². The SMILES string of the molecule is COc1cc(OC)c(OC)cc1/C=C/C(=O)O[C@H](C)C(=O)Nc1ccc(C(C)(C)C)cc1. The fourth-order valence-corrected chi connectivity index (χ4v) is 2.91. The van der Waals surface area contributed by atoms with Gasteiger partial charge >= 0.3 is 5.97 Å². The van der Waals surface area contributed by atoms with Gasteiger partial charge in [-0.25, -0.2) is 4.79 Å². The molecular formula is C25H31NO6. The first-order chi connectivity index (χ1) is 15.1. The zero-order valence-electron chi connectivity index (χ0n) is 19.6. The van der Waals surface area contributed by atoms with Gasteiger partial charge in [-0.2, -0.15) is 0 Å². The van der Waals surface area contributed by atoms with Gasteiger partial charge in [-0.3, -0.25) is 4.79 Å². The van der Waals surface area contributed by atoms with Crippen molar-refractivity contribution in [3.05, 3.63) is 53.6 Å². The molecule has 0 aromatic heterocycles. The highest BCUT2D eigenvalue weighted by atomic mass is 16.5. The molecule has 1 atom stereocenters. The number of anilines is 1. The summed E-state index contributed by atoms with van der Waals surface area (Å²) in [5, 5.41) is 2.75. The molecule has 2 rings (SSSR count). The molecule has 0 aliphatic carbocycles. The Morgan fingerprint density at radius 1 is 0.906 bits per heavy atom. The number of carbonyl (C=O) groups is 2. The largest absolute Gasteiger partial charge is 0.496 e. The smallest absolute Gasteiger partial charge is 0.331 e. The standard InChI is InChI=1S/C25H31NO6/c1-16(24(28)26-19-11-9-18(10-12-19)25(2,3)4)32-23(27)13-8-17-14-21(30-6)22(31-7)15-20(17)29-5/h8-16H,1-7H3,(H,26,28)/b13-8+/t16-/m1/s1. The summed E-state index contributed by atoms with van der Waals surface area (Å²) in [7, 11) is 4.55. The minimum atomic E-state index is -0.971. The van der Waals surface area contributed by atoms with Crippen molar-refractivity contribution in [3.63, 3.8) is 0 Å². The normalized spacial score (nSPS) is 12.2. The van der Waals surface area contributed by atoms with E-state index in [1.165, 1.54) is 40.4 Å². The summed E-state index contributed by atoms with van der Waals surface area (Å²) >= 11 is 0. The highest BCUT2D eigenvalue weighted by Gasteiger charge is 2.18. The molecule has 0 aliphatic rings. The van der Waals surface area contributed by atoms with Gasteiger partial charge in [0, 0.05) is 23.4 Å². The van der Waals surface area contributed by atoms with Gasteiger partial charge in [0.25, 0.3) is 5.91 Å². The van der Waals surface area contributed by atoms with Gasteiger partial charge in [-0.05, 0) is 42.2 Å². The summed E-state index contributed by atoms with van der Waals surface area (Å²) in [5.74, 6) is 0.416. The number of hydrogen-bond acceptors (Lipinski definition) is 6. The number of amides is 1. The second-order valence-corrected chi connectivity index (χ2v) is 8.18. The number of esters is 1. The van der Waals surface area contributed by atoms with Crippen LogP contribution in [0, 0.1) is 0 Å². The number of benzene rings is 2. The van der Waals surface area contributed by atoms with E-state index in [-0.39, 0.29) is 5.41 Å². The Morgan fingerprint density at radius 2 is 1.47 bits per heavy atom. The summed E-state index contributed by atoms with van der Waals surface area (Å²) in [6.45, 7) is 7.87. The van der Waals surface area contributed by atoms with Crippen LogP contribution in [-0.2, 0) is 19.7 Å². The Labute approximate surface area is 189 Å². The third-order valence-corrected chi connectivity index (χ3v) is 4.82. The van der Waals surface area contributed by atoms with Crippen molar-refractivity contribution in [2.24, 2.45) is 0 Å². The van der Waals surface area contributed by atoms with E-state index in [2.05, 4.69) is 26.1 Å². The summed E-state index contributed by atoms with van der Waals surface area (Å²) in [6, 6.07) is 10.9. The predicted molar refractivity (Wildman–Crippen MR) is 124 cm³/mol. The molecule has 0 saturated heterocycles. The second kappa shape index (κ2) is 10.7. The summed E-state index contributed by atoms with van der Waals surface area (Å²) < 4.78 is 21.1. The second-order valence-electron chi connectivity index (χ2n) is 8.18. The van der Waals surface area contributed by atoms with Crippen LogP contribution >= 0.6 is 0 Å². The van der Waals surface area contributed by atoms with Crippen LogP contribution in [0.25, 0.3) is 6.08 Å². The van der Waals surface area contributed by atoms with Crippen LogP contribution in [0.2, 0.25) is 0 Å². The maximum absolute atomic E-state index is 12.4. The molecular weight excluding hydrogens is 410 g/mol. The molecule has 0 fully saturated rings. The van der Waals surface area contributed by atoms with Gasteiger partial charge in [-0.1, -0.05) is 32.9 Å². The van der Waals surface area contributed by atoms with Gasteiger partial charge in [0.2, 0.25) is 0 Å². The highest BCUT2D eigenvalue weighted by molar-refractivity contribution is 5.96. The fraction of sp³-hybridized carbons (Fsp3) is 0.360. The number of ether oxygens (including phenoxy) is 4. The molecule has 0 aliphatic heterocycles. The van der Waals surface area contributed by atoms with Crippen LogP contribution in [0.1, 0.15) is 38.8 Å². The van der Waals surface area contributed by atoms with E-state index in [0.29, 0.717) is 28.5 Å². The van der Waals surface area contributed by atoms with Crippen molar-refractivity contribution in [2.75, 3.05) is 26.6 Å². The summed E-state index contributed by atoms with van der Waals surface area (Å²) in [6.07, 6.45) is 1.78. The molecule has 0 radical (unpaired) electrons. The van der Waals surface area contributed by atoms with E-state index in [4.69, 9.17) is 18.9 Å². The average molecular weight is 442 g/mol. The van der Waals surface area contributed by atoms with E-state index in [1.54, 1.807) is 12.1 Å². The first-order valence-electron chi connectivity index (χ1n) is 10.2. The molecule has 0 unspecified atom stereocenters. The van der Waals surface area contributed by atoms with E-state index in [0.717, 1.165) is 5.56 Å². The van der Waals surface area contributed by atoms with E-state index in [1.807, 2.05) is 24.3 Å². The molecule has 2 aromatic carbocycles. The van der Waals surface area contributed by atoms with Gasteiger partial charge in [0.1, 0.15) is 5.75 Å². The summed E-state index contributed by atoms with van der Waals surface area (Å²) in [5.41, 5.74) is 2.41. The molecule has 7 heteroatoms. The van der Waals surface area contributed by atoms with Crippen LogP contribution in [0.5, 0.6) is 17.2 Å².